The van der Waals surface area contributed by atoms with E-state index in [9.17, 15) is 9.59 Å². The number of hydrogen-bond donors (Lipinski definition) is 1. The van der Waals surface area contributed by atoms with E-state index in [1.807, 2.05) is 0 Å². The molecular formula is C8H5BrO3. The average molecular weight is 229 g/mol. The van der Waals surface area contributed by atoms with Crippen molar-refractivity contribution in [3.05, 3.63) is 35.4 Å². The highest BCUT2D eigenvalue weighted by Gasteiger charge is 2.03. The number of carboxylic acid groups (broad SMARTS) is 1. The molecule has 3 nitrogen and oxygen atoms in total. The second-order valence-electron chi connectivity index (χ2n) is 2.16. The Morgan fingerprint density at radius 1 is 1.08 bits per heavy atom. The van der Waals surface area contributed by atoms with E-state index in [1.165, 1.54) is 24.3 Å². The summed E-state index contributed by atoms with van der Waals surface area (Å²) in [6, 6.07) is 5.69. The molecule has 0 aliphatic heterocycles. The molecule has 0 aliphatic rings. The van der Waals surface area contributed by atoms with Crippen molar-refractivity contribution < 1.29 is 14.7 Å². The summed E-state index contributed by atoms with van der Waals surface area (Å²) in [6.07, 6.45) is 0. The molecule has 1 N–H and O–H groups in total. The molecule has 0 unspecified atom stereocenters. The lowest BCUT2D eigenvalue weighted by atomic mass is 10.1. The molecule has 4 heteroatoms. The van der Waals surface area contributed by atoms with Gasteiger partial charge in [0.25, 0.3) is 0 Å². The minimum absolute atomic E-state index is 0.174. The Morgan fingerprint density at radius 2 is 1.50 bits per heavy atom. The highest BCUT2D eigenvalue weighted by atomic mass is 79.9. The molecule has 0 saturated carbocycles. The first-order valence-electron chi connectivity index (χ1n) is 3.14. The molecule has 0 bridgehead atoms. The summed E-state index contributed by atoms with van der Waals surface area (Å²) in [5.41, 5.74) is 0.618. The Balaban J connectivity index is 3.01. The minimum atomic E-state index is -0.997. The Labute approximate surface area is 77.1 Å². The molecule has 12 heavy (non-hydrogen) atoms. The number of aromatic carboxylic acids is 1. The third-order valence-corrected chi connectivity index (χ3v) is 1.82. The van der Waals surface area contributed by atoms with Gasteiger partial charge in [-0.2, -0.15) is 0 Å². The molecule has 1 aromatic rings. The van der Waals surface area contributed by atoms with Gasteiger partial charge in [0.05, 0.1) is 5.56 Å². The van der Waals surface area contributed by atoms with E-state index in [-0.39, 0.29) is 10.3 Å². The summed E-state index contributed by atoms with van der Waals surface area (Å²) >= 11 is 2.76. The first-order chi connectivity index (χ1) is 5.61. The quantitative estimate of drug-likeness (QED) is 0.788. The van der Waals surface area contributed by atoms with Crippen LogP contribution in [0.15, 0.2) is 24.3 Å². The number of carboxylic acids is 1. The van der Waals surface area contributed by atoms with Gasteiger partial charge in [-0.1, -0.05) is 0 Å². The third kappa shape index (κ3) is 1.92. The molecule has 0 fully saturated rings. The zero-order chi connectivity index (χ0) is 9.14. The molecule has 0 saturated heterocycles. The van der Waals surface area contributed by atoms with Crippen molar-refractivity contribution in [2.24, 2.45) is 0 Å². The molecule has 0 aliphatic carbocycles. The van der Waals surface area contributed by atoms with Crippen LogP contribution in [0.3, 0.4) is 0 Å². The largest absolute Gasteiger partial charge is 0.478 e. The number of halogens is 1. The Bertz CT molecular complexity index is 283. The summed E-state index contributed by atoms with van der Waals surface area (Å²) in [5, 5.41) is 8.52. The zero-order valence-electron chi connectivity index (χ0n) is 5.95. The van der Waals surface area contributed by atoms with E-state index < -0.39 is 5.97 Å². The lowest BCUT2D eigenvalue weighted by Crippen LogP contribution is -1.96. The van der Waals surface area contributed by atoms with Gasteiger partial charge in [-0.3, -0.25) is 4.79 Å². The lowest BCUT2D eigenvalue weighted by Gasteiger charge is -1.94. The summed E-state index contributed by atoms with van der Waals surface area (Å²) in [4.78, 5) is 21.1. The molecule has 1 rings (SSSR count). The maximum atomic E-state index is 10.7. The van der Waals surface area contributed by atoms with Gasteiger partial charge < -0.3 is 5.11 Å². The van der Waals surface area contributed by atoms with Gasteiger partial charge in [-0.05, 0) is 40.2 Å². The molecule has 0 radical (unpaired) electrons. The van der Waals surface area contributed by atoms with Crippen LogP contribution in [0.25, 0.3) is 0 Å². The van der Waals surface area contributed by atoms with E-state index >= 15 is 0 Å². The van der Waals surface area contributed by atoms with Gasteiger partial charge in [0.15, 0.2) is 0 Å². The van der Waals surface area contributed by atoms with Crippen LogP contribution in [0.4, 0.5) is 0 Å². The fourth-order valence-electron chi connectivity index (χ4n) is 0.744. The van der Waals surface area contributed by atoms with Gasteiger partial charge in [-0.15, -0.1) is 0 Å². The fourth-order valence-corrected chi connectivity index (χ4v) is 1.01. The number of carbonyl (C=O) groups excluding carboxylic acids is 1. The van der Waals surface area contributed by atoms with E-state index in [1.54, 1.807) is 0 Å². The van der Waals surface area contributed by atoms with E-state index in [0.717, 1.165) is 0 Å². The van der Waals surface area contributed by atoms with E-state index in [4.69, 9.17) is 5.11 Å². The van der Waals surface area contributed by atoms with Crippen LogP contribution in [-0.4, -0.2) is 15.8 Å². The predicted octanol–water partition coefficient (Wildman–Crippen LogP) is 1.92. The standard InChI is InChI=1S/C8H5BrO3/c9-7(10)5-1-3-6(4-2-5)8(11)12/h1-4H,(H,11,12). The Kier molecular flexibility index (Phi) is 2.60. The van der Waals surface area contributed by atoms with Crippen molar-refractivity contribution in [1.82, 2.24) is 0 Å². The number of hydrogen-bond acceptors (Lipinski definition) is 2. The van der Waals surface area contributed by atoms with E-state index in [2.05, 4.69) is 15.9 Å². The molecule has 1 aromatic carbocycles. The van der Waals surface area contributed by atoms with Crippen LogP contribution in [0, 0.1) is 0 Å². The number of carbonyl (C=O) groups is 2. The van der Waals surface area contributed by atoms with Crippen molar-refractivity contribution in [1.29, 1.82) is 0 Å². The monoisotopic (exact) mass is 228 g/mol. The average Bonchev–Trinajstić information content (AvgIpc) is 2.04. The normalized spacial score (nSPS) is 9.42. The molecule has 0 atom stereocenters. The second kappa shape index (κ2) is 3.49. The number of benzene rings is 1. The van der Waals surface area contributed by atoms with E-state index in [0.29, 0.717) is 5.56 Å². The van der Waals surface area contributed by atoms with Gasteiger partial charge in [0.1, 0.15) is 0 Å². The molecule has 0 aromatic heterocycles. The Morgan fingerprint density at radius 3 is 1.83 bits per heavy atom. The molecule has 0 spiro atoms. The van der Waals surface area contributed by atoms with Gasteiger partial charge in [0, 0.05) is 5.56 Å². The fraction of sp³-hybridized carbons (Fsp3) is 0. The van der Waals surface area contributed by atoms with Crippen LogP contribution in [0.5, 0.6) is 0 Å². The van der Waals surface area contributed by atoms with Crippen molar-refractivity contribution in [3.8, 4) is 0 Å². The van der Waals surface area contributed by atoms with Crippen LogP contribution >= 0.6 is 15.9 Å². The van der Waals surface area contributed by atoms with Crippen LogP contribution < -0.4 is 0 Å². The first-order valence-corrected chi connectivity index (χ1v) is 3.94. The molecule has 62 valence electrons. The summed E-state index contributed by atoms with van der Waals surface area (Å²) in [6.45, 7) is 0. The SMILES string of the molecule is O=C(O)c1ccc(C(=O)Br)cc1. The Hall–Kier alpha value is -1.16. The predicted molar refractivity (Wildman–Crippen MR) is 46.7 cm³/mol. The third-order valence-electron chi connectivity index (χ3n) is 1.36. The number of rotatable bonds is 2. The van der Waals surface area contributed by atoms with Crippen LogP contribution in [0.1, 0.15) is 20.7 Å². The second-order valence-corrected chi connectivity index (χ2v) is 2.88. The maximum Gasteiger partial charge on any atom is 0.335 e. The zero-order valence-corrected chi connectivity index (χ0v) is 7.54. The van der Waals surface area contributed by atoms with Crippen molar-refractivity contribution >= 4 is 26.6 Å². The maximum absolute atomic E-state index is 10.7. The van der Waals surface area contributed by atoms with Gasteiger partial charge >= 0.3 is 5.97 Å². The molecule has 0 heterocycles. The van der Waals surface area contributed by atoms with Crippen molar-refractivity contribution in [2.75, 3.05) is 0 Å². The first kappa shape index (κ1) is 8.93. The highest BCUT2D eigenvalue weighted by Crippen LogP contribution is 2.07. The van der Waals surface area contributed by atoms with Crippen molar-refractivity contribution in [3.63, 3.8) is 0 Å². The minimum Gasteiger partial charge on any atom is -0.478 e. The topological polar surface area (TPSA) is 54.4 Å². The molecular weight excluding hydrogens is 224 g/mol. The highest BCUT2D eigenvalue weighted by molar-refractivity contribution is 9.18. The van der Waals surface area contributed by atoms with Crippen LogP contribution in [0.2, 0.25) is 0 Å². The van der Waals surface area contributed by atoms with Gasteiger partial charge in [-0.25, -0.2) is 4.79 Å². The lowest BCUT2D eigenvalue weighted by molar-refractivity contribution is 0.0696. The summed E-state index contributed by atoms with van der Waals surface area (Å²) in [5.74, 6) is -0.997. The smallest absolute Gasteiger partial charge is 0.335 e. The summed E-state index contributed by atoms with van der Waals surface area (Å²) < 4.78 is -0.251. The van der Waals surface area contributed by atoms with Crippen LogP contribution in [-0.2, 0) is 0 Å². The molecule has 0 amide bonds. The van der Waals surface area contributed by atoms with Gasteiger partial charge in [0.2, 0.25) is 4.69 Å². The van der Waals surface area contributed by atoms with Crippen molar-refractivity contribution in [2.45, 2.75) is 0 Å². The summed E-state index contributed by atoms with van der Waals surface area (Å²) in [7, 11) is 0.